The summed E-state index contributed by atoms with van der Waals surface area (Å²) in [5.74, 6) is -0.226. The minimum absolute atomic E-state index is 0.115. The molecule has 5 heteroatoms. The van der Waals surface area contributed by atoms with Gasteiger partial charge in [-0.2, -0.15) is 0 Å². The van der Waals surface area contributed by atoms with Crippen molar-refractivity contribution in [3.05, 3.63) is 46.2 Å². The summed E-state index contributed by atoms with van der Waals surface area (Å²) in [6.07, 6.45) is 1.51. The van der Waals surface area contributed by atoms with Crippen LogP contribution in [0.15, 0.2) is 24.3 Å². The maximum atomic E-state index is 12.8. The fourth-order valence-electron chi connectivity index (χ4n) is 1.71. The summed E-state index contributed by atoms with van der Waals surface area (Å²) in [6, 6.07) is 6.31. The van der Waals surface area contributed by atoms with Crippen molar-refractivity contribution < 1.29 is 4.39 Å². The molecule has 1 unspecified atom stereocenters. The van der Waals surface area contributed by atoms with Gasteiger partial charge in [0, 0.05) is 6.04 Å². The van der Waals surface area contributed by atoms with E-state index in [1.165, 1.54) is 23.7 Å². The lowest BCUT2D eigenvalue weighted by molar-refractivity contribution is 0.625. The van der Waals surface area contributed by atoms with Gasteiger partial charge < -0.3 is 5.73 Å². The topological polar surface area (TPSA) is 51.8 Å². The van der Waals surface area contributed by atoms with Crippen molar-refractivity contribution in [3.8, 4) is 0 Å². The molecule has 1 aromatic heterocycles. The SMILES string of the molecule is CCc1nnsc1C(N)Cc1ccc(F)cc1. The number of nitrogens with zero attached hydrogens (tertiary/aromatic N) is 2. The van der Waals surface area contributed by atoms with Crippen LogP contribution >= 0.6 is 11.5 Å². The van der Waals surface area contributed by atoms with E-state index in [-0.39, 0.29) is 11.9 Å². The van der Waals surface area contributed by atoms with Gasteiger partial charge in [0.1, 0.15) is 5.82 Å². The molecule has 1 aromatic carbocycles. The molecule has 3 nitrogen and oxygen atoms in total. The summed E-state index contributed by atoms with van der Waals surface area (Å²) in [4.78, 5) is 1.02. The number of aromatic nitrogens is 2. The third-order valence-corrected chi connectivity index (χ3v) is 3.52. The van der Waals surface area contributed by atoms with Crippen molar-refractivity contribution in [2.24, 2.45) is 5.73 Å². The first kappa shape index (κ1) is 12.1. The molecular weight excluding hydrogens is 237 g/mol. The number of aryl methyl sites for hydroxylation is 1. The number of halogens is 1. The molecule has 0 saturated heterocycles. The second-order valence-corrected chi connectivity index (χ2v) is 4.66. The standard InChI is InChI=1S/C12H14FN3S/c1-2-11-12(17-16-15-11)10(14)7-8-3-5-9(13)6-4-8/h3-6,10H,2,7,14H2,1H3. The van der Waals surface area contributed by atoms with Crippen LogP contribution in [0.2, 0.25) is 0 Å². The van der Waals surface area contributed by atoms with Gasteiger partial charge in [-0.05, 0) is 42.1 Å². The van der Waals surface area contributed by atoms with E-state index < -0.39 is 0 Å². The Morgan fingerprint density at radius 2 is 2.06 bits per heavy atom. The van der Waals surface area contributed by atoms with Gasteiger partial charge in [-0.1, -0.05) is 23.5 Å². The van der Waals surface area contributed by atoms with Gasteiger partial charge >= 0.3 is 0 Å². The van der Waals surface area contributed by atoms with E-state index in [9.17, 15) is 4.39 Å². The van der Waals surface area contributed by atoms with Gasteiger partial charge in [-0.3, -0.25) is 0 Å². The molecule has 0 radical (unpaired) electrons. The van der Waals surface area contributed by atoms with Crippen LogP contribution in [-0.4, -0.2) is 9.59 Å². The molecule has 0 amide bonds. The molecule has 90 valence electrons. The molecule has 0 aliphatic carbocycles. The number of rotatable bonds is 4. The quantitative estimate of drug-likeness (QED) is 0.908. The third kappa shape index (κ3) is 2.87. The van der Waals surface area contributed by atoms with Crippen molar-refractivity contribution in [1.29, 1.82) is 0 Å². The third-order valence-electron chi connectivity index (χ3n) is 2.63. The van der Waals surface area contributed by atoms with Crippen LogP contribution in [0, 0.1) is 5.82 Å². The van der Waals surface area contributed by atoms with Gasteiger partial charge in [0.25, 0.3) is 0 Å². The van der Waals surface area contributed by atoms with Crippen molar-refractivity contribution in [3.63, 3.8) is 0 Å². The highest BCUT2D eigenvalue weighted by Crippen LogP contribution is 2.22. The zero-order chi connectivity index (χ0) is 12.3. The zero-order valence-electron chi connectivity index (χ0n) is 9.56. The average Bonchev–Trinajstić information content (AvgIpc) is 2.80. The first-order valence-corrected chi connectivity index (χ1v) is 6.29. The van der Waals surface area contributed by atoms with E-state index in [4.69, 9.17) is 5.73 Å². The van der Waals surface area contributed by atoms with E-state index in [0.717, 1.165) is 22.6 Å². The highest BCUT2D eigenvalue weighted by Gasteiger charge is 2.14. The first-order valence-electron chi connectivity index (χ1n) is 5.52. The van der Waals surface area contributed by atoms with Gasteiger partial charge in [-0.15, -0.1) is 5.10 Å². The van der Waals surface area contributed by atoms with Crippen LogP contribution in [0.1, 0.15) is 29.1 Å². The predicted molar refractivity (Wildman–Crippen MR) is 66.3 cm³/mol. The zero-order valence-corrected chi connectivity index (χ0v) is 10.4. The molecule has 1 heterocycles. The van der Waals surface area contributed by atoms with Crippen molar-refractivity contribution >= 4 is 11.5 Å². The molecule has 0 bridgehead atoms. The van der Waals surface area contributed by atoms with Crippen molar-refractivity contribution in [2.75, 3.05) is 0 Å². The monoisotopic (exact) mass is 251 g/mol. The minimum Gasteiger partial charge on any atom is -0.323 e. The lowest BCUT2D eigenvalue weighted by Gasteiger charge is -2.10. The average molecular weight is 251 g/mol. The molecule has 1 atom stereocenters. The summed E-state index contributed by atoms with van der Waals surface area (Å²) in [5, 5.41) is 4.04. The Balaban J connectivity index is 2.11. The summed E-state index contributed by atoms with van der Waals surface area (Å²) < 4.78 is 16.7. The largest absolute Gasteiger partial charge is 0.323 e. The highest BCUT2D eigenvalue weighted by atomic mass is 32.1. The number of hydrogen-bond acceptors (Lipinski definition) is 4. The summed E-state index contributed by atoms with van der Waals surface area (Å²) in [5.41, 5.74) is 8.11. The molecule has 2 N–H and O–H groups in total. The van der Waals surface area contributed by atoms with Gasteiger partial charge in [0.2, 0.25) is 0 Å². The van der Waals surface area contributed by atoms with Crippen LogP contribution in [-0.2, 0) is 12.8 Å². The Morgan fingerprint density at radius 3 is 2.71 bits per heavy atom. The number of nitrogens with two attached hydrogens (primary N) is 1. The van der Waals surface area contributed by atoms with E-state index in [1.807, 2.05) is 6.92 Å². The normalized spacial score (nSPS) is 12.6. The fraction of sp³-hybridized carbons (Fsp3) is 0.333. The van der Waals surface area contributed by atoms with Crippen LogP contribution < -0.4 is 5.73 Å². The number of hydrogen-bond donors (Lipinski definition) is 1. The lowest BCUT2D eigenvalue weighted by Crippen LogP contribution is -2.13. The molecule has 0 aliphatic heterocycles. The molecule has 2 aromatic rings. The van der Waals surface area contributed by atoms with Crippen molar-refractivity contribution in [1.82, 2.24) is 9.59 Å². The molecular formula is C12H14FN3S. The van der Waals surface area contributed by atoms with E-state index in [0.29, 0.717) is 6.42 Å². The molecule has 2 rings (SSSR count). The molecule has 17 heavy (non-hydrogen) atoms. The lowest BCUT2D eigenvalue weighted by atomic mass is 10.0. The van der Waals surface area contributed by atoms with Crippen LogP contribution in [0.3, 0.4) is 0 Å². The first-order chi connectivity index (χ1) is 8.20. The Labute approximate surface area is 104 Å². The molecule has 0 saturated carbocycles. The van der Waals surface area contributed by atoms with Crippen LogP contribution in [0.25, 0.3) is 0 Å². The Hall–Kier alpha value is -1.33. The van der Waals surface area contributed by atoms with Crippen LogP contribution in [0.4, 0.5) is 4.39 Å². The maximum absolute atomic E-state index is 12.8. The smallest absolute Gasteiger partial charge is 0.123 e. The molecule has 0 fully saturated rings. The summed E-state index contributed by atoms with van der Waals surface area (Å²) >= 11 is 1.34. The Kier molecular flexibility index (Phi) is 3.81. The van der Waals surface area contributed by atoms with Gasteiger partial charge in [0.05, 0.1) is 10.6 Å². The van der Waals surface area contributed by atoms with Crippen LogP contribution in [0.5, 0.6) is 0 Å². The predicted octanol–water partition coefficient (Wildman–Crippen LogP) is 2.48. The fourth-order valence-corrected chi connectivity index (χ4v) is 2.45. The van der Waals surface area contributed by atoms with E-state index in [1.54, 1.807) is 12.1 Å². The molecule has 0 aliphatic rings. The molecule has 0 spiro atoms. The van der Waals surface area contributed by atoms with Crippen molar-refractivity contribution in [2.45, 2.75) is 25.8 Å². The van der Waals surface area contributed by atoms with Gasteiger partial charge in [-0.25, -0.2) is 4.39 Å². The second kappa shape index (κ2) is 5.33. The minimum atomic E-state index is -0.226. The summed E-state index contributed by atoms with van der Waals surface area (Å²) in [6.45, 7) is 2.03. The number of benzene rings is 1. The Morgan fingerprint density at radius 1 is 1.35 bits per heavy atom. The van der Waals surface area contributed by atoms with E-state index >= 15 is 0 Å². The maximum Gasteiger partial charge on any atom is 0.123 e. The summed E-state index contributed by atoms with van der Waals surface area (Å²) in [7, 11) is 0. The highest BCUT2D eigenvalue weighted by molar-refractivity contribution is 7.05. The van der Waals surface area contributed by atoms with E-state index in [2.05, 4.69) is 9.59 Å². The Bertz CT molecular complexity index is 481. The second-order valence-electron chi connectivity index (χ2n) is 3.87. The van der Waals surface area contributed by atoms with Gasteiger partial charge in [0.15, 0.2) is 0 Å².